The standard InChI is InChI=1S/C10H20N2O3/c1-7(8-3-11-4-8)9(15)12-10(2,5-13)6-14/h7-8,11,13-14H,3-6H2,1-2H3,(H,12,15). The first-order valence-corrected chi connectivity index (χ1v) is 5.27. The monoisotopic (exact) mass is 216 g/mol. The SMILES string of the molecule is CC(C(=O)NC(C)(CO)CO)C1CNC1. The van der Waals surface area contributed by atoms with Crippen LogP contribution in [0, 0.1) is 11.8 Å². The fraction of sp³-hybridized carbons (Fsp3) is 0.900. The van der Waals surface area contributed by atoms with Crippen molar-refractivity contribution in [1.29, 1.82) is 0 Å². The summed E-state index contributed by atoms with van der Waals surface area (Å²) in [6.45, 7) is 4.70. The Morgan fingerprint density at radius 1 is 1.53 bits per heavy atom. The highest BCUT2D eigenvalue weighted by atomic mass is 16.3. The quantitative estimate of drug-likeness (QED) is 0.460. The van der Waals surface area contributed by atoms with E-state index in [2.05, 4.69) is 10.6 Å². The lowest BCUT2D eigenvalue weighted by Crippen LogP contribution is -2.56. The average molecular weight is 216 g/mol. The van der Waals surface area contributed by atoms with E-state index in [9.17, 15) is 4.79 Å². The number of rotatable bonds is 5. The first kappa shape index (κ1) is 12.4. The van der Waals surface area contributed by atoms with Gasteiger partial charge in [0, 0.05) is 5.92 Å². The molecular formula is C10H20N2O3. The third-order valence-corrected chi connectivity index (χ3v) is 3.06. The van der Waals surface area contributed by atoms with Crippen LogP contribution in [0.3, 0.4) is 0 Å². The average Bonchev–Trinajstić information content (AvgIpc) is 2.14. The van der Waals surface area contributed by atoms with Gasteiger partial charge < -0.3 is 20.8 Å². The molecule has 0 spiro atoms. The van der Waals surface area contributed by atoms with Gasteiger partial charge in [-0.1, -0.05) is 6.92 Å². The Morgan fingerprint density at radius 3 is 2.40 bits per heavy atom. The van der Waals surface area contributed by atoms with Crippen LogP contribution in [0.1, 0.15) is 13.8 Å². The van der Waals surface area contributed by atoms with Crippen molar-refractivity contribution in [3.05, 3.63) is 0 Å². The summed E-state index contributed by atoms with van der Waals surface area (Å²) in [6.07, 6.45) is 0. The van der Waals surface area contributed by atoms with Crippen LogP contribution in [0.25, 0.3) is 0 Å². The van der Waals surface area contributed by atoms with Gasteiger partial charge in [0.2, 0.25) is 5.91 Å². The Morgan fingerprint density at radius 2 is 2.07 bits per heavy atom. The predicted octanol–water partition coefficient (Wildman–Crippen LogP) is -1.30. The number of carbonyl (C=O) groups is 1. The Labute approximate surface area is 89.9 Å². The number of carbonyl (C=O) groups excluding carboxylic acids is 1. The summed E-state index contributed by atoms with van der Waals surface area (Å²) in [6, 6.07) is 0. The van der Waals surface area contributed by atoms with Crippen LogP contribution >= 0.6 is 0 Å². The topological polar surface area (TPSA) is 81.6 Å². The van der Waals surface area contributed by atoms with Gasteiger partial charge in [-0.05, 0) is 25.9 Å². The molecule has 1 fully saturated rings. The Kier molecular flexibility index (Phi) is 4.07. The van der Waals surface area contributed by atoms with E-state index < -0.39 is 5.54 Å². The molecule has 5 nitrogen and oxygen atoms in total. The molecule has 5 heteroatoms. The molecule has 1 heterocycles. The van der Waals surface area contributed by atoms with E-state index >= 15 is 0 Å². The minimum absolute atomic E-state index is 0.0799. The largest absolute Gasteiger partial charge is 0.394 e. The molecular weight excluding hydrogens is 196 g/mol. The third kappa shape index (κ3) is 2.90. The van der Waals surface area contributed by atoms with Crippen LogP contribution in [0.2, 0.25) is 0 Å². The van der Waals surface area contributed by atoms with Crippen LogP contribution in [0.15, 0.2) is 0 Å². The first-order valence-electron chi connectivity index (χ1n) is 5.27. The van der Waals surface area contributed by atoms with Gasteiger partial charge in [-0.25, -0.2) is 0 Å². The van der Waals surface area contributed by atoms with Crippen molar-refractivity contribution in [2.75, 3.05) is 26.3 Å². The minimum Gasteiger partial charge on any atom is -0.394 e. The molecule has 0 aromatic heterocycles. The summed E-state index contributed by atoms with van der Waals surface area (Å²) in [4.78, 5) is 11.7. The number of hydrogen-bond acceptors (Lipinski definition) is 4. The van der Waals surface area contributed by atoms with Gasteiger partial charge in [0.1, 0.15) is 0 Å². The number of aliphatic hydroxyl groups excluding tert-OH is 2. The molecule has 1 aliphatic rings. The molecule has 4 N–H and O–H groups in total. The van der Waals surface area contributed by atoms with Crippen LogP contribution in [0.4, 0.5) is 0 Å². The zero-order chi connectivity index (χ0) is 11.5. The van der Waals surface area contributed by atoms with Crippen molar-refractivity contribution in [3.63, 3.8) is 0 Å². The van der Waals surface area contributed by atoms with Gasteiger partial charge in [0.25, 0.3) is 0 Å². The minimum atomic E-state index is -0.914. The molecule has 1 saturated heterocycles. The highest BCUT2D eigenvalue weighted by Gasteiger charge is 2.32. The molecule has 0 aromatic rings. The van der Waals surface area contributed by atoms with Gasteiger partial charge in [-0.3, -0.25) is 4.79 Å². The lowest BCUT2D eigenvalue weighted by atomic mass is 9.87. The van der Waals surface area contributed by atoms with E-state index in [1.165, 1.54) is 0 Å². The van der Waals surface area contributed by atoms with Crippen LogP contribution < -0.4 is 10.6 Å². The fourth-order valence-electron chi connectivity index (χ4n) is 1.42. The zero-order valence-electron chi connectivity index (χ0n) is 9.29. The number of aliphatic hydroxyl groups is 2. The van der Waals surface area contributed by atoms with E-state index in [0.29, 0.717) is 5.92 Å². The fourth-order valence-corrected chi connectivity index (χ4v) is 1.42. The van der Waals surface area contributed by atoms with Crippen LogP contribution in [0.5, 0.6) is 0 Å². The second kappa shape index (κ2) is 4.92. The van der Waals surface area contributed by atoms with Crippen molar-refractivity contribution in [1.82, 2.24) is 10.6 Å². The van der Waals surface area contributed by atoms with E-state index in [-0.39, 0.29) is 25.0 Å². The lowest BCUT2D eigenvalue weighted by Gasteiger charge is -2.34. The molecule has 0 radical (unpaired) electrons. The summed E-state index contributed by atoms with van der Waals surface area (Å²) >= 11 is 0. The van der Waals surface area contributed by atoms with E-state index in [0.717, 1.165) is 13.1 Å². The van der Waals surface area contributed by atoms with Gasteiger partial charge in [0.15, 0.2) is 0 Å². The molecule has 88 valence electrons. The Balaban J connectivity index is 2.45. The summed E-state index contributed by atoms with van der Waals surface area (Å²) < 4.78 is 0. The van der Waals surface area contributed by atoms with E-state index in [4.69, 9.17) is 10.2 Å². The van der Waals surface area contributed by atoms with Crippen molar-refractivity contribution in [2.45, 2.75) is 19.4 Å². The van der Waals surface area contributed by atoms with Gasteiger partial charge in [-0.2, -0.15) is 0 Å². The van der Waals surface area contributed by atoms with Gasteiger partial charge >= 0.3 is 0 Å². The molecule has 1 amide bonds. The Hall–Kier alpha value is -0.650. The molecule has 1 aliphatic heterocycles. The maximum atomic E-state index is 11.7. The molecule has 0 aromatic carbocycles. The normalized spacial score (nSPS) is 19.5. The highest BCUT2D eigenvalue weighted by Crippen LogP contribution is 2.17. The van der Waals surface area contributed by atoms with Crippen LogP contribution in [-0.2, 0) is 4.79 Å². The summed E-state index contributed by atoms with van der Waals surface area (Å²) in [5, 5.41) is 23.9. The molecule has 1 atom stereocenters. The maximum absolute atomic E-state index is 11.7. The predicted molar refractivity (Wildman–Crippen MR) is 56.2 cm³/mol. The third-order valence-electron chi connectivity index (χ3n) is 3.06. The first-order chi connectivity index (χ1) is 7.02. The summed E-state index contributed by atoms with van der Waals surface area (Å²) in [5.41, 5.74) is -0.914. The number of amides is 1. The number of nitrogens with one attached hydrogen (secondary N) is 2. The molecule has 15 heavy (non-hydrogen) atoms. The van der Waals surface area contributed by atoms with Crippen LogP contribution in [-0.4, -0.2) is 48.0 Å². The summed E-state index contributed by atoms with van der Waals surface area (Å²) in [5.74, 6) is 0.183. The lowest BCUT2D eigenvalue weighted by molar-refractivity contribution is -0.129. The second-order valence-corrected chi connectivity index (χ2v) is 4.57. The molecule has 0 aliphatic carbocycles. The van der Waals surface area contributed by atoms with E-state index in [1.807, 2.05) is 6.92 Å². The molecule has 1 rings (SSSR count). The maximum Gasteiger partial charge on any atom is 0.223 e. The number of hydrogen-bond donors (Lipinski definition) is 4. The van der Waals surface area contributed by atoms with Crippen molar-refractivity contribution >= 4 is 5.91 Å². The molecule has 1 unspecified atom stereocenters. The van der Waals surface area contributed by atoms with Crippen molar-refractivity contribution in [3.8, 4) is 0 Å². The highest BCUT2D eigenvalue weighted by molar-refractivity contribution is 5.79. The zero-order valence-corrected chi connectivity index (χ0v) is 9.29. The summed E-state index contributed by atoms with van der Waals surface area (Å²) in [7, 11) is 0. The van der Waals surface area contributed by atoms with Crippen molar-refractivity contribution < 1.29 is 15.0 Å². The second-order valence-electron chi connectivity index (χ2n) is 4.57. The van der Waals surface area contributed by atoms with Gasteiger partial charge in [-0.15, -0.1) is 0 Å². The molecule has 0 bridgehead atoms. The molecule has 0 saturated carbocycles. The van der Waals surface area contributed by atoms with Crippen molar-refractivity contribution in [2.24, 2.45) is 11.8 Å². The van der Waals surface area contributed by atoms with E-state index in [1.54, 1.807) is 6.92 Å². The Bertz CT molecular complexity index is 225. The smallest absolute Gasteiger partial charge is 0.223 e. The van der Waals surface area contributed by atoms with Gasteiger partial charge in [0.05, 0.1) is 18.8 Å².